The van der Waals surface area contributed by atoms with E-state index in [1.807, 2.05) is 0 Å². The van der Waals surface area contributed by atoms with E-state index < -0.39 is 23.0 Å². The number of benzene rings is 1. The maximum atomic E-state index is 14.4. The first-order chi connectivity index (χ1) is 13.4. The molecule has 0 saturated carbocycles. The zero-order chi connectivity index (χ0) is 20.0. The smallest absolute Gasteiger partial charge is 0.201 e. The molecule has 0 radical (unpaired) electrons. The van der Waals surface area contributed by atoms with Gasteiger partial charge in [-0.15, -0.1) is 0 Å². The van der Waals surface area contributed by atoms with Crippen LogP contribution in [0.3, 0.4) is 0 Å². The van der Waals surface area contributed by atoms with Gasteiger partial charge in [-0.3, -0.25) is 9.48 Å². The molecule has 0 aliphatic carbocycles. The molecular formula is C18H15F2N7O. The van der Waals surface area contributed by atoms with Crippen LogP contribution in [0.2, 0.25) is 0 Å². The summed E-state index contributed by atoms with van der Waals surface area (Å²) in [4.78, 5) is 24.0. The first-order valence-corrected chi connectivity index (χ1v) is 8.24. The van der Waals surface area contributed by atoms with Crippen molar-refractivity contribution in [3.8, 4) is 0 Å². The van der Waals surface area contributed by atoms with Gasteiger partial charge < -0.3 is 16.0 Å². The summed E-state index contributed by atoms with van der Waals surface area (Å²) in [5.74, 6) is -2.67. The molecule has 3 aromatic heterocycles. The number of anilines is 3. The Bertz CT molecular complexity index is 1230. The number of hydrogen-bond donors (Lipinski definition) is 3. The largest absolute Gasteiger partial charge is 0.396 e. The highest BCUT2D eigenvalue weighted by Gasteiger charge is 2.25. The van der Waals surface area contributed by atoms with E-state index in [4.69, 9.17) is 5.73 Å². The lowest BCUT2D eigenvalue weighted by Crippen LogP contribution is -2.10. The molecule has 4 N–H and O–H groups in total. The van der Waals surface area contributed by atoms with Gasteiger partial charge in [-0.2, -0.15) is 5.10 Å². The fraction of sp³-hybridized carbons (Fsp3) is 0.111. The van der Waals surface area contributed by atoms with E-state index in [9.17, 15) is 13.6 Å². The summed E-state index contributed by atoms with van der Waals surface area (Å²) in [6.45, 7) is 1.81. The minimum Gasteiger partial charge on any atom is -0.396 e. The van der Waals surface area contributed by atoms with Gasteiger partial charge in [-0.1, -0.05) is 0 Å². The lowest BCUT2D eigenvalue weighted by atomic mass is 10.0. The summed E-state index contributed by atoms with van der Waals surface area (Å²) in [5.41, 5.74) is 6.19. The van der Waals surface area contributed by atoms with Gasteiger partial charge in [0.1, 0.15) is 23.6 Å². The number of nitrogen functional groups attached to an aromatic ring is 1. The van der Waals surface area contributed by atoms with E-state index in [-0.39, 0.29) is 11.3 Å². The average molecular weight is 383 g/mol. The Hall–Kier alpha value is -3.82. The number of nitrogens with one attached hydrogen (secondary N) is 2. The quantitative estimate of drug-likeness (QED) is 0.369. The number of H-pyrrole nitrogens is 1. The van der Waals surface area contributed by atoms with Gasteiger partial charge in [-0.25, -0.2) is 18.7 Å². The molecular weight excluding hydrogens is 368 g/mol. The maximum Gasteiger partial charge on any atom is 0.201 e. The number of fused-ring (bicyclic) bond motifs is 1. The molecule has 0 fully saturated rings. The number of aromatic amines is 1. The zero-order valence-corrected chi connectivity index (χ0v) is 14.9. The number of halogens is 2. The minimum atomic E-state index is -1.10. The molecule has 0 aliphatic heterocycles. The molecule has 4 rings (SSSR count). The molecule has 4 aromatic rings. The Morgan fingerprint density at radius 1 is 1.29 bits per heavy atom. The lowest BCUT2D eigenvalue weighted by Gasteiger charge is -2.08. The van der Waals surface area contributed by atoms with E-state index in [1.54, 1.807) is 24.9 Å². The second-order valence-electron chi connectivity index (χ2n) is 6.23. The van der Waals surface area contributed by atoms with Crippen molar-refractivity contribution in [1.82, 2.24) is 24.7 Å². The number of carbonyl (C=O) groups is 1. The van der Waals surface area contributed by atoms with E-state index in [2.05, 4.69) is 25.4 Å². The van der Waals surface area contributed by atoms with Crippen molar-refractivity contribution in [2.45, 2.75) is 6.92 Å². The van der Waals surface area contributed by atoms with Crippen molar-refractivity contribution in [3.63, 3.8) is 0 Å². The molecule has 1 aromatic carbocycles. The second kappa shape index (κ2) is 6.41. The van der Waals surface area contributed by atoms with Crippen LogP contribution in [0, 0.1) is 18.6 Å². The number of hydrogen-bond acceptors (Lipinski definition) is 6. The minimum absolute atomic E-state index is 0.0167. The van der Waals surface area contributed by atoms with Crippen LogP contribution in [0.4, 0.5) is 26.0 Å². The van der Waals surface area contributed by atoms with Gasteiger partial charge in [0.15, 0.2) is 5.82 Å². The van der Waals surface area contributed by atoms with Crippen LogP contribution in [0.15, 0.2) is 30.9 Å². The van der Waals surface area contributed by atoms with Crippen molar-refractivity contribution in [2.24, 2.45) is 7.05 Å². The molecule has 142 valence electrons. The predicted octanol–water partition coefficient (Wildman–Crippen LogP) is 2.83. The number of aromatic nitrogens is 5. The molecule has 0 unspecified atom stereocenters. The summed E-state index contributed by atoms with van der Waals surface area (Å²) >= 11 is 0. The fourth-order valence-corrected chi connectivity index (χ4v) is 3.00. The van der Waals surface area contributed by atoms with Crippen molar-refractivity contribution >= 4 is 34.0 Å². The Kier molecular flexibility index (Phi) is 4.03. The summed E-state index contributed by atoms with van der Waals surface area (Å²) < 4.78 is 30.2. The first kappa shape index (κ1) is 17.6. The molecule has 0 aliphatic rings. The monoisotopic (exact) mass is 383 g/mol. The molecule has 0 bridgehead atoms. The van der Waals surface area contributed by atoms with Crippen molar-refractivity contribution < 1.29 is 13.6 Å². The van der Waals surface area contributed by atoms with Crippen LogP contribution in [0.25, 0.3) is 11.0 Å². The average Bonchev–Trinajstić information content (AvgIpc) is 3.22. The van der Waals surface area contributed by atoms with E-state index >= 15 is 0 Å². The molecule has 28 heavy (non-hydrogen) atoms. The first-order valence-electron chi connectivity index (χ1n) is 8.24. The Balaban J connectivity index is 1.86. The molecule has 8 nitrogen and oxygen atoms in total. The predicted molar refractivity (Wildman–Crippen MR) is 99.3 cm³/mol. The number of nitrogens with zero attached hydrogens (tertiary/aromatic N) is 4. The Morgan fingerprint density at radius 2 is 2.07 bits per heavy atom. The van der Waals surface area contributed by atoms with Crippen LogP contribution in [0.1, 0.15) is 21.6 Å². The maximum absolute atomic E-state index is 14.4. The van der Waals surface area contributed by atoms with Crippen molar-refractivity contribution in [1.29, 1.82) is 0 Å². The molecule has 0 amide bonds. The summed E-state index contributed by atoms with van der Waals surface area (Å²) in [5, 5.41) is 7.63. The Morgan fingerprint density at radius 3 is 2.79 bits per heavy atom. The third-order valence-electron chi connectivity index (χ3n) is 4.33. The van der Waals surface area contributed by atoms with Crippen LogP contribution in [-0.2, 0) is 7.05 Å². The van der Waals surface area contributed by atoms with Gasteiger partial charge in [0.05, 0.1) is 33.6 Å². The van der Waals surface area contributed by atoms with E-state index in [0.29, 0.717) is 28.2 Å². The number of nitrogens with two attached hydrogens (primary N) is 1. The molecule has 0 spiro atoms. The van der Waals surface area contributed by atoms with Crippen molar-refractivity contribution in [3.05, 3.63) is 59.3 Å². The fourth-order valence-electron chi connectivity index (χ4n) is 3.00. The van der Waals surface area contributed by atoms with Crippen LogP contribution < -0.4 is 11.1 Å². The van der Waals surface area contributed by atoms with E-state index in [1.165, 1.54) is 12.5 Å². The highest BCUT2D eigenvalue weighted by atomic mass is 19.1. The van der Waals surface area contributed by atoms with Crippen LogP contribution in [-0.4, -0.2) is 30.5 Å². The topological polar surface area (TPSA) is 115 Å². The summed E-state index contributed by atoms with van der Waals surface area (Å²) in [7, 11) is 1.77. The SMILES string of the molecule is Cc1nn(C)cc1Nc1ncnc2[nH]cc(C(=O)c3c(F)ccc(N)c3F)c12. The summed E-state index contributed by atoms with van der Waals surface area (Å²) in [6.07, 6.45) is 4.39. The molecule has 3 heterocycles. The lowest BCUT2D eigenvalue weighted by molar-refractivity contribution is 0.103. The third-order valence-corrected chi connectivity index (χ3v) is 4.33. The van der Waals surface area contributed by atoms with E-state index in [0.717, 1.165) is 12.1 Å². The number of carbonyl (C=O) groups excluding carboxylic acids is 1. The third kappa shape index (κ3) is 2.75. The Labute approximate surface area is 157 Å². The van der Waals surface area contributed by atoms with Crippen LogP contribution in [0.5, 0.6) is 0 Å². The second-order valence-corrected chi connectivity index (χ2v) is 6.23. The van der Waals surface area contributed by atoms with Crippen LogP contribution >= 0.6 is 0 Å². The standard InChI is InChI=1S/C18H15F2N7O/c1-8-12(6-27(2)26-8)25-18-13-9(5-22-17(13)23-7-24-18)16(28)14-10(19)3-4-11(21)15(14)20/h3-7H,21H2,1-2H3,(H2,22,23,24,25). The highest BCUT2D eigenvalue weighted by molar-refractivity contribution is 6.18. The van der Waals surface area contributed by atoms with Gasteiger partial charge >= 0.3 is 0 Å². The molecule has 0 saturated heterocycles. The number of aryl methyl sites for hydroxylation is 2. The zero-order valence-electron chi connectivity index (χ0n) is 14.9. The molecule has 10 heteroatoms. The van der Waals surface area contributed by atoms with Gasteiger partial charge in [-0.05, 0) is 19.1 Å². The van der Waals surface area contributed by atoms with Gasteiger partial charge in [0, 0.05) is 19.4 Å². The number of ketones is 1. The highest BCUT2D eigenvalue weighted by Crippen LogP contribution is 2.30. The van der Waals surface area contributed by atoms with Crippen molar-refractivity contribution in [2.75, 3.05) is 11.1 Å². The normalized spacial score (nSPS) is 11.1. The van der Waals surface area contributed by atoms with Gasteiger partial charge in [0.25, 0.3) is 0 Å². The summed E-state index contributed by atoms with van der Waals surface area (Å²) in [6, 6.07) is 2.02. The number of rotatable bonds is 4. The van der Waals surface area contributed by atoms with Gasteiger partial charge in [0.2, 0.25) is 5.78 Å². The molecule has 0 atom stereocenters.